The monoisotopic (exact) mass is 675 g/mol. The summed E-state index contributed by atoms with van der Waals surface area (Å²) in [5.74, 6) is -0.469. The number of aryl methyl sites for hydroxylation is 1. The van der Waals surface area contributed by atoms with Gasteiger partial charge in [0.2, 0.25) is 11.8 Å². The number of aromatic nitrogens is 5. The summed E-state index contributed by atoms with van der Waals surface area (Å²) in [5.41, 5.74) is 14.0. The number of piperidine rings is 1. The average molecular weight is 676 g/mol. The first-order valence-corrected chi connectivity index (χ1v) is 16.7. The van der Waals surface area contributed by atoms with E-state index in [2.05, 4.69) is 31.2 Å². The minimum atomic E-state index is -0.839. The van der Waals surface area contributed by atoms with Crippen molar-refractivity contribution in [2.75, 3.05) is 29.0 Å². The maximum atomic E-state index is 13.6. The summed E-state index contributed by atoms with van der Waals surface area (Å²) in [7, 11) is 1.66. The number of anilines is 3. The lowest BCUT2D eigenvalue weighted by Gasteiger charge is -2.42. The fraction of sp³-hybridized carbons (Fsp3) is 0.375. The zero-order valence-corrected chi connectivity index (χ0v) is 27.3. The predicted molar refractivity (Wildman–Crippen MR) is 179 cm³/mol. The molecule has 7 rings (SSSR count). The summed E-state index contributed by atoms with van der Waals surface area (Å²) in [6.45, 7) is 1.76. The second-order valence-corrected chi connectivity index (χ2v) is 13.8. The molecular weight excluding hydrogens is 642 g/mol. The molecule has 1 fully saturated rings. The highest BCUT2D eigenvalue weighted by Crippen LogP contribution is 2.50. The lowest BCUT2D eigenvalue weighted by atomic mass is 9.73. The summed E-state index contributed by atoms with van der Waals surface area (Å²) in [6, 6.07) is 8.79. The normalized spacial score (nSPS) is 18.2. The van der Waals surface area contributed by atoms with Crippen molar-refractivity contribution in [3.8, 4) is 5.88 Å². The first-order chi connectivity index (χ1) is 22.6. The molecule has 4 aromatic rings. The molecule has 15 heteroatoms. The maximum absolute atomic E-state index is 13.6. The van der Waals surface area contributed by atoms with Crippen molar-refractivity contribution in [3.05, 3.63) is 84.9 Å². The van der Waals surface area contributed by atoms with E-state index in [1.807, 2.05) is 12.3 Å². The second-order valence-electron chi connectivity index (χ2n) is 12.3. The lowest BCUT2D eigenvalue weighted by Crippen LogP contribution is -2.46. The van der Waals surface area contributed by atoms with Crippen LogP contribution in [0.1, 0.15) is 59.2 Å². The number of carbonyl (C=O) groups is 1. The molecule has 3 aliphatic rings. The third-order valence-corrected chi connectivity index (χ3v) is 11.3. The summed E-state index contributed by atoms with van der Waals surface area (Å²) < 4.78 is 2.91. The Morgan fingerprint density at radius 1 is 1.11 bits per heavy atom. The van der Waals surface area contributed by atoms with Crippen LogP contribution in [0.2, 0.25) is 5.02 Å². The van der Waals surface area contributed by atoms with Gasteiger partial charge < -0.3 is 26.8 Å². The van der Waals surface area contributed by atoms with Crippen LogP contribution >= 0.6 is 23.4 Å². The number of benzene rings is 1. The Kier molecular flexibility index (Phi) is 7.97. The lowest BCUT2D eigenvalue weighted by molar-refractivity contribution is 0.102. The Bertz CT molecular complexity index is 2040. The van der Waals surface area contributed by atoms with E-state index in [9.17, 15) is 19.5 Å². The van der Waals surface area contributed by atoms with Gasteiger partial charge in [0, 0.05) is 55.9 Å². The van der Waals surface area contributed by atoms with Gasteiger partial charge in [-0.3, -0.25) is 28.5 Å². The van der Waals surface area contributed by atoms with E-state index in [-0.39, 0.29) is 38.4 Å². The molecule has 6 N–H and O–H groups in total. The molecule has 13 nitrogen and oxygen atoms in total. The molecule has 3 aromatic heterocycles. The highest BCUT2D eigenvalue weighted by molar-refractivity contribution is 7.99. The Labute approximate surface area is 279 Å². The minimum absolute atomic E-state index is 0.0612. The highest BCUT2D eigenvalue weighted by atomic mass is 35.5. The van der Waals surface area contributed by atoms with E-state index in [0.29, 0.717) is 42.7 Å². The number of fused-ring (bicyclic) bond motifs is 2. The number of aromatic hydroxyl groups is 1. The van der Waals surface area contributed by atoms with Crippen molar-refractivity contribution in [1.82, 2.24) is 24.1 Å². The molecule has 0 unspecified atom stereocenters. The van der Waals surface area contributed by atoms with Gasteiger partial charge in [-0.1, -0.05) is 35.5 Å². The van der Waals surface area contributed by atoms with Gasteiger partial charge >= 0.3 is 0 Å². The second kappa shape index (κ2) is 12.0. The van der Waals surface area contributed by atoms with E-state index in [0.717, 1.165) is 55.1 Å². The van der Waals surface area contributed by atoms with Crippen LogP contribution in [0.4, 0.5) is 17.5 Å². The van der Waals surface area contributed by atoms with Crippen molar-refractivity contribution >= 4 is 46.7 Å². The molecule has 1 spiro atoms. The number of nitrogens with zero attached hydrogens (tertiary/aromatic N) is 6. The van der Waals surface area contributed by atoms with Crippen LogP contribution in [0, 0.1) is 5.41 Å². The molecular formula is C32H34ClN9O4S. The van der Waals surface area contributed by atoms with Gasteiger partial charge in [0.25, 0.3) is 17.0 Å². The molecule has 5 heterocycles. The number of rotatable bonds is 5. The Morgan fingerprint density at radius 2 is 1.89 bits per heavy atom. The van der Waals surface area contributed by atoms with Crippen molar-refractivity contribution in [2.24, 2.45) is 18.2 Å². The number of nitrogens with one attached hydrogen (secondary N) is 1. The first-order valence-electron chi connectivity index (χ1n) is 15.5. The van der Waals surface area contributed by atoms with Crippen LogP contribution in [0.5, 0.6) is 5.88 Å². The van der Waals surface area contributed by atoms with Gasteiger partial charge in [-0.05, 0) is 61.3 Å². The number of hydrogen-bond acceptors (Lipinski definition) is 11. The number of pyridine rings is 1. The Morgan fingerprint density at radius 3 is 2.66 bits per heavy atom. The van der Waals surface area contributed by atoms with Gasteiger partial charge in [-0.25, -0.2) is 0 Å². The topological polar surface area (TPSA) is 187 Å². The fourth-order valence-electron chi connectivity index (χ4n) is 7.00. The molecule has 1 amide bonds. The van der Waals surface area contributed by atoms with E-state index >= 15 is 0 Å². The first kappa shape index (κ1) is 31.2. The standard InChI is InChI=1S/C32H34ClN9O4S/c1-40-30(46)24(26(35)39-31(40)41-14-10-32(11-15-41)16-19-17(25(32)34)6-5-12-36-19)47-20-8-4-7-18(23(20)33)37-27(43)22-28(44)38-21-9-2-3-13-42(21)29(22)45/h4-8,12,25,44H,2-3,9-11,13-16,34-35H2,1H3,(H,37,43)/t25-/m1/s1. The summed E-state index contributed by atoms with van der Waals surface area (Å²) in [4.78, 5) is 55.8. The van der Waals surface area contributed by atoms with Crippen molar-refractivity contribution < 1.29 is 9.90 Å². The van der Waals surface area contributed by atoms with Crippen LogP contribution in [-0.4, -0.2) is 48.2 Å². The Balaban J connectivity index is 1.09. The molecule has 244 valence electrons. The molecule has 1 atom stereocenters. The van der Waals surface area contributed by atoms with Crippen molar-refractivity contribution in [3.63, 3.8) is 0 Å². The number of nitrogens with two attached hydrogens (primary N) is 2. The smallest absolute Gasteiger partial charge is 0.270 e. The number of nitrogen functional groups attached to an aromatic ring is 1. The molecule has 0 saturated carbocycles. The molecule has 47 heavy (non-hydrogen) atoms. The molecule has 1 aromatic carbocycles. The van der Waals surface area contributed by atoms with Gasteiger partial charge in [0.15, 0.2) is 5.56 Å². The summed E-state index contributed by atoms with van der Waals surface area (Å²) in [6.07, 6.45) is 6.49. The molecule has 0 bridgehead atoms. The summed E-state index contributed by atoms with van der Waals surface area (Å²) >= 11 is 7.73. The van der Waals surface area contributed by atoms with E-state index in [1.165, 1.54) is 9.13 Å². The van der Waals surface area contributed by atoms with Gasteiger partial charge in [0.1, 0.15) is 16.5 Å². The average Bonchev–Trinajstić information content (AvgIpc) is 3.33. The highest BCUT2D eigenvalue weighted by Gasteiger charge is 2.47. The molecule has 2 aliphatic heterocycles. The van der Waals surface area contributed by atoms with E-state index in [4.69, 9.17) is 23.1 Å². The van der Waals surface area contributed by atoms with Crippen molar-refractivity contribution in [2.45, 2.75) is 60.9 Å². The number of amides is 1. The van der Waals surface area contributed by atoms with E-state index < -0.39 is 22.9 Å². The zero-order chi connectivity index (χ0) is 33.0. The maximum Gasteiger partial charge on any atom is 0.270 e. The zero-order valence-electron chi connectivity index (χ0n) is 25.7. The van der Waals surface area contributed by atoms with Gasteiger partial charge in [-0.2, -0.15) is 9.97 Å². The third kappa shape index (κ3) is 5.33. The SMILES string of the molecule is Cn1c(N2CCC3(CC2)Cc2ncccc2[C@H]3N)nc(N)c(Sc2cccc(NC(=O)c3c(O)nc4n(c3=O)CCCC4)c2Cl)c1=O. The van der Waals surface area contributed by atoms with Gasteiger partial charge in [-0.15, -0.1) is 0 Å². The predicted octanol–water partition coefficient (Wildman–Crippen LogP) is 3.26. The van der Waals surface area contributed by atoms with Crippen LogP contribution in [0.15, 0.2) is 55.9 Å². The fourth-order valence-corrected chi connectivity index (χ4v) is 8.23. The summed E-state index contributed by atoms with van der Waals surface area (Å²) in [5, 5.41) is 13.2. The minimum Gasteiger partial charge on any atom is -0.493 e. The van der Waals surface area contributed by atoms with Crippen molar-refractivity contribution in [1.29, 1.82) is 0 Å². The molecule has 0 radical (unpaired) electrons. The molecule has 1 aliphatic carbocycles. The van der Waals surface area contributed by atoms with Crippen LogP contribution < -0.4 is 32.8 Å². The van der Waals surface area contributed by atoms with Crippen LogP contribution in [0.25, 0.3) is 0 Å². The largest absolute Gasteiger partial charge is 0.493 e. The van der Waals surface area contributed by atoms with Crippen LogP contribution in [-0.2, 0) is 26.4 Å². The number of hydrogen-bond donors (Lipinski definition) is 4. The number of carbonyl (C=O) groups excluding carboxylic acids is 1. The van der Waals surface area contributed by atoms with E-state index in [1.54, 1.807) is 25.2 Å². The van der Waals surface area contributed by atoms with Crippen LogP contribution in [0.3, 0.4) is 0 Å². The Hall–Kier alpha value is -4.40. The van der Waals surface area contributed by atoms with Gasteiger partial charge in [0.05, 0.1) is 10.7 Å². The quantitative estimate of drug-likeness (QED) is 0.243. The number of halogens is 1. The third-order valence-electron chi connectivity index (χ3n) is 9.65. The molecule has 1 saturated heterocycles.